The first-order chi connectivity index (χ1) is 7.20. The Morgan fingerprint density at radius 3 is 2.44 bits per heavy atom. The average Bonchev–Trinajstić information content (AvgIpc) is 1.98. The van der Waals surface area contributed by atoms with Gasteiger partial charge in [0.05, 0.1) is 6.42 Å². The summed E-state index contributed by atoms with van der Waals surface area (Å²) in [6, 6.07) is -0.255. The highest BCUT2D eigenvalue weighted by atomic mass is 16.6. The third kappa shape index (κ3) is 9.05. The third-order valence-electron chi connectivity index (χ3n) is 1.46. The number of alkyl carbamates (subject to hydrolysis) is 1. The number of aliphatic carboxylic acids is 1. The molecule has 0 radical (unpaired) electrons. The number of ether oxygens (including phenoxy) is 1. The lowest BCUT2D eigenvalue weighted by Gasteiger charge is -2.20. The molecular formula is C11H19NO4. The molecule has 16 heavy (non-hydrogen) atoms. The van der Waals surface area contributed by atoms with Gasteiger partial charge in [-0.25, -0.2) is 4.79 Å². The van der Waals surface area contributed by atoms with Crippen LogP contribution in [-0.2, 0) is 9.53 Å². The topological polar surface area (TPSA) is 75.6 Å². The van der Waals surface area contributed by atoms with Gasteiger partial charge in [-0.3, -0.25) is 4.79 Å². The van der Waals surface area contributed by atoms with Gasteiger partial charge in [-0.1, -0.05) is 12.2 Å². The lowest BCUT2D eigenvalue weighted by atomic mass is 10.2. The summed E-state index contributed by atoms with van der Waals surface area (Å²) in [5, 5.41) is 11.0. The fraction of sp³-hybridized carbons (Fsp3) is 0.636. The van der Waals surface area contributed by atoms with Crippen LogP contribution in [0.15, 0.2) is 12.2 Å². The summed E-state index contributed by atoms with van der Waals surface area (Å²) in [7, 11) is 0. The molecule has 2 N–H and O–H groups in total. The van der Waals surface area contributed by atoms with Crippen molar-refractivity contribution < 1.29 is 19.4 Å². The van der Waals surface area contributed by atoms with E-state index >= 15 is 0 Å². The second kappa shape index (κ2) is 6.15. The van der Waals surface area contributed by atoms with Gasteiger partial charge in [-0.05, 0) is 27.7 Å². The second-order valence-corrected chi connectivity index (χ2v) is 4.46. The van der Waals surface area contributed by atoms with Crippen LogP contribution in [0.4, 0.5) is 4.79 Å². The molecule has 5 heteroatoms. The van der Waals surface area contributed by atoms with Gasteiger partial charge >= 0.3 is 12.1 Å². The minimum atomic E-state index is -0.902. The van der Waals surface area contributed by atoms with Crippen LogP contribution in [-0.4, -0.2) is 28.8 Å². The quantitative estimate of drug-likeness (QED) is 0.722. The number of carboxylic acid groups (broad SMARTS) is 1. The summed E-state index contributed by atoms with van der Waals surface area (Å²) in [5.74, 6) is -0.902. The number of hydrogen-bond acceptors (Lipinski definition) is 3. The van der Waals surface area contributed by atoms with Crippen molar-refractivity contribution >= 4 is 12.1 Å². The molecule has 92 valence electrons. The lowest BCUT2D eigenvalue weighted by Crippen LogP contribution is -2.36. The molecule has 0 aliphatic rings. The van der Waals surface area contributed by atoms with Crippen molar-refractivity contribution in [2.24, 2.45) is 0 Å². The minimum absolute atomic E-state index is 0.0552. The van der Waals surface area contributed by atoms with Crippen LogP contribution in [0, 0.1) is 0 Å². The summed E-state index contributed by atoms with van der Waals surface area (Å²) in [4.78, 5) is 21.5. The highest BCUT2D eigenvalue weighted by Gasteiger charge is 2.16. The van der Waals surface area contributed by atoms with Gasteiger partial charge in [-0.2, -0.15) is 0 Å². The number of carboxylic acids is 1. The first kappa shape index (κ1) is 14.5. The van der Waals surface area contributed by atoms with Crippen LogP contribution in [0.2, 0.25) is 0 Å². The molecule has 0 bridgehead atoms. The predicted molar refractivity (Wildman–Crippen MR) is 60.2 cm³/mol. The summed E-state index contributed by atoms with van der Waals surface area (Å²) in [6.07, 6.45) is 2.53. The maximum Gasteiger partial charge on any atom is 0.408 e. The first-order valence-electron chi connectivity index (χ1n) is 5.08. The van der Waals surface area contributed by atoms with Crippen LogP contribution in [0.3, 0.4) is 0 Å². The molecule has 0 aliphatic carbocycles. The zero-order valence-corrected chi connectivity index (χ0v) is 10.1. The van der Waals surface area contributed by atoms with E-state index in [1.54, 1.807) is 33.8 Å². The molecular weight excluding hydrogens is 210 g/mol. The largest absolute Gasteiger partial charge is 0.481 e. The molecule has 1 amide bonds. The van der Waals surface area contributed by atoms with Crippen LogP contribution >= 0.6 is 0 Å². The molecule has 1 unspecified atom stereocenters. The maximum absolute atomic E-state index is 11.3. The van der Waals surface area contributed by atoms with E-state index in [9.17, 15) is 9.59 Å². The number of rotatable bonds is 4. The summed E-state index contributed by atoms with van der Waals surface area (Å²) >= 11 is 0. The van der Waals surface area contributed by atoms with Crippen LogP contribution in [0.5, 0.6) is 0 Å². The Morgan fingerprint density at radius 1 is 1.44 bits per heavy atom. The highest BCUT2D eigenvalue weighted by molar-refractivity contribution is 5.69. The molecule has 0 rings (SSSR count). The Kier molecular flexibility index (Phi) is 5.56. The molecule has 0 heterocycles. The van der Waals surface area contributed by atoms with Gasteiger partial charge in [0.15, 0.2) is 0 Å². The van der Waals surface area contributed by atoms with E-state index in [0.717, 1.165) is 0 Å². The number of nitrogens with one attached hydrogen (secondary N) is 1. The second-order valence-electron chi connectivity index (χ2n) is 4.46. The Morgan fingerprint density at radius 2 is 2.00 bits per heavy atom. The predicted octanol–water partition coefficient (Wildman–Crippen LogP) is 1.93. The third-order valence-corrected chi connectivity index (χ3v) is 1.46. The van der Waals surface area contributed by atoms with E-state index in [1.165, 1.54) is 6.08 Å². The summed E-state index contributed by atoms with van der Waals surface area (Å²) < 4.78 is 5.04. The van der Waals surface area contributed by atoms with Crippen molar-refractivity contribution in [3.63, 3.8) is 0 Å². The zero-order chi connectivity index (χ0) is 12.8. The van der Waals surface area contributed by atoms with Gasteiger partial charge < -0.3 is 15.2 Å². The fourth-order valence-electron chi connectivity index (χ4n) is 0.915. The van der Waals surface area contributed by atoms with Crippen molar-refractivity contribution in [1.82, 2.24) is 5.32 Å². The van der Waals surface area contributed by atoms with Gasteiger partial charge in [0.2, 0.25) is 0 Å². The SMILES string of the molecule is CC(/C=C/CC(=O)O)NC(=O)OC(C)(C)C. The molecule has 0 saturated heterocycles. The normalized spacial score (nSPS) is 13.5. The van der Waals surface area contributed by atoms with Crippen molar-refractivity contribution in [3.05, 3.63) is 12.2 Å². The molecule has 0 fully saturated rings. The van der Waals surface area contributed by atoms with E-state index in [2.05, 4.69) is 5.32 Å². The van der Waals surface area contributed by atoms with E-state index in [1.807, 2.05) is 0 Å². The van der Waals surface area contributed by atoms with Gasteiger partial charge in [-0.15, -0.1) is 0 Å². The Balaban J connectivity index is 3.96. The van der Waals surface area contributed by atoms with Crippen LogP contribution in [0.1, 0.15) is 34.1 Å². The van der Waals surface area contributed by atoms with Crippen molar-refractivity contribution in [1.29, 1.82) is 0 Å². The highest BCUT2D eigenvalue weighted by Crippen LogP contribution is 2.06. The first-order valence-corrected chi connectivity index (χ1v) is 5.08. The summed E-state index contributed by atoms with van der Waals surface area (Å²) in [6.45, 7) is 7.06. The van der Waals surface area contributed by atoms with Crippen molar-refractivity contribution in [3.8, 4) is 0 Å². The van der Waals surface area contributed by atoms with E-state index in [-0.39, 0.29) is 12.5 Å². The maximum atomic E-state index is 11.3. The molecule has 0 spiro atoms. The molecule has 0 aromatic carbocycles. The number of carbonyl (C=O) groups is 2. The Bertz CT molecular complexity index is 278. The van der Waals surface area contributed by atoms with Crippen LogP contribution < -0.4 is 5.32 Å². The van der Waals surface area contributed by atoms with Crippen molar-refractivity contribution in [2.45, 2.75) is 45.8 Å². The molecule has 5 nitrogen and oxygen atoms in total. The smallest absolute Gasteiger partial charge is 0.408 e. The monoisotopic (exact) mass is 229 g/mol. The van der Waals surface area contributed by atoms with E-state index in [0.29, 0.717) is 0 Å². The number of hydrogen-bond donors (Lipinski definition) is 2. The standard InChI is InChI=1S/C11H19NO4/c1-8(6-5-7-9(13)14)12-10(15)16-11(2,3)4/h5-6,8H,7H2,1-4H3,(H,12,15)(H,13,14)/b6-5+. The number of carbonyl (C=O) groups excluding carboxylic acids is 1. The van der Waals surface area contributed by atoms with E-state index < -0.39 is 17.7 Å². The molecule has 0 saturated carbocycles. The molecule has 0 aromatic heterocycles. The van der Waals surface area contributed by atoms with Crippen LogP contribution in [0.25, 0.3) is 0 Å². The summed E-state index contributed by atoms with van der Waals surface area (Å²) in [5.41, 5.74) is -0.533. The zero-order valence-electron chi connectivity index (χ0n) is 10.1. The lowest BCUT2D eigenvalue weighted by molar-refractivity contribution is -0.136. The Hall–Kier alpha value is -1.52. The van der Waals surface area contributed by atoms with Gasteiger partial charge in [0.1, 0.15) is 5.60 Å². The number of amides is 1. The average molecular weight is 229 g/mol. The molecule has 0 aliphatic heterocycles. The molecule has 0 aromatic rings. The van der Waals surface area contributed by atoms with Gasteiger partial charge in [0.25, 0.3) is 0 Å². The minimum Gasteiger partial charge on any atom is -0.481 e. The Labute approximate surface area is 95.5 Å². The fourth-order valence-corrected chi connectivity index (χ4v) is 0.915. The van der Waals surface area contributed by atoms with E-state index in [4.69, 9.17) is 9.84 Å². The van der Waals surface area contributed by atoms with Crippen molar-refractivity contribution in [2.75, 3.05) is 0 Å². The molecule has 1 atom stereocenters. The van der Waals surface area contributed by atoms with Gasteiger partial charge in [0, 0.05) is 6.04 Å².